The van der Waals surface area contributed by atoms with E-state index in [9.17, 15) is 27.9 Å². The SMILES string of the molecule is CCCCCNC(=O)N1CC(OCC(=O)NCC(NS(=O)(=O)c2c(C)cc(C)cc2C)C(=O)O)CC1CNc1ccccn1. The number of pyridine rings is 1. The number of aliphatic carboxylic acids is 1. The smallest absolute Gasteiger partial charge is 0.323 e. The molecule has 44 heavy (non-hydrogen) atoms. The normalized spacial score (nSPS) is 17.2. The number of hydrogen-bond acceptors (Lipinski definition) is 8. The maximum atomic E-state index is 13.0. The Morgan fingerprint density at radius 2 is 1.84 bits per heavy atom. The maximum absolute atomic E-state index is 13.0. The van der Waals surface area contributed by atoms with Crippen LogP contribution in [0, 0.1) is 20.8 Å². The zero-order valence-corrected chi connectivity index (χ0v) is 26.6. The zero-order chi connectivity index (χ0) is 32.3. The van der Waals surface area contributed by atoms with Gasteiger partial charge >= 0.3 is 12.0 Å². The molecule has 1 aliphatic heterocycles. The Hall–Kier alpha value is -3.75. The number of carbonyl (C=O) groups excluding carboxylic acids is 2. The van der Waals surface area contributed by atoms with Gasteiger partial charge in [-0.25, -0.2) is 18.2 Å². The molecule has 2 heterocycles. The highest BCUT2D eigenvalue weighted by molar-refractivity contribution is 7.89. The van der Waals surface area contributed by atoms with Crippen LogP contribution in [0.25, 0.3) is 0 Å². The summed E-state index contributed by atoms with van der Waals surface area (Å²) in [5, 5.41) is 18.3. The number of carboxylic acids is 1. The van der Waals surface area contributed by atoms with Crippen LogP contribution in [0.4, 0.5) is 10.6 Å². The summed E-state index contributed by atoms with van der Waals surface area (Å²) in [7, 11) is -4.18. The average molecular weight is 633 g/mol. The van der Waals surface area contributed by atoms with Crippen LogP contribution in [0.15, 0.2) is 41.4 Å². The number of carboxylic acid groups (broad SMARTS) is 1. The molecule has 0 radical (unpaired) electrons. The molecule has 0 bridgehead atoms. The van der Waals surface area contributed by atoms with Crippen LogP contribution in [0.3, 0.4) is 0 Å². The van der Waals surface area contributed by atoms with E-state index in [1.165, 1.54) is 0 Å². The van der Waals surface area contributed by atoms with Crippen LogP contribution >= 0.6 is 0 Å². The first kappa shape index (κ1) is 34.7. The molecule has 3 amide bonds. The number of aromatic nitrogens is 1. The van der Waals surface area contributed by atoms with Crippen molar-refractivity contribution in [1.82, 2.24) is 25.2 Å². The van der Waals surface area contributed by atoms with Gasteiger partial charge in [-0.2, -0.15) is 4.72 Å². The molecule has 1 aromatic heterocycles. The second kappa shape index (κ2) is 16.4. The maximum Gasteiger partial charge on any atom is 0.323 e. The highest BCUT2D eigenvalue weighted by Gasteiger charge is 2.36. The number of hydrogen-bond donors (Lipinski definition) is 5. The molecule has 5 N–H and O–H groups in total. The number of sulfonamides is 1. The Balaban J connectivity index is 1.55. The second-order valence-electron chi connectivity index (χ2n) is 11.1. The lowest BCUT2D eigenvalue weighted by atomic mass is 10.1. The van der Waals surface area contributed by atoms with Gasteiger partial charge in [0.2, 0.25) is 15.9 Å². The molecule has 13 nitrogen and oxygen atoms in total. The van der Waals surface area contributed by atoms with Crippen LogP contribution in [-0.4, -0.2) is 92.3 Å². The number of likely N-dealkylation sites (tertiary alicyclic amines) is 1. The Kier molecular flexibility index (Phi) is 12.9. The van der Waals surface area contributed by atoms with E-state index in [0.29, 0.717) is 36.5 Å². The van der Waals surface area contributed by atoms with Gasteiger partial charge in [-0.15, -0.1) is 0 Å². The first-order chi connectivity index (χ1) is 20.9. The quantitative estimate of drug-likeness (QED) is 0.174. The van der Waals surface area contributed by atoms with Crippen molar-refractivity contribution in [3.8, 4) is 0 Å². The highest BCUT2D eigenvalue weighted by Crippen LogP contribution is 2.23. The van der Waals surface area contributed by atoms with E-state index in [2.05, 4.69) is 32.6 Å². The molecule has 1 aromatic carbocycles. The number of unbranched alkanes of at least 4 members (excludes halogenated alkanes) is 2. The summed E-state index contributed by atoms with van der Waals surface area (Å²) in [5.74, 6) is -1.36. The Morgan fingerprint density at radius 1 is 1.11 bits per heavy atom. The molecule has 14 heteroatoms. The Labute approximate surface area is 259 Å². The lowest BCUT2D eigenvalue weighted by Gasteiger charge is -2.25. The number of rotatable bonds is 16. The average Bonchev–Trinajstić information content (AvgIpc) is 3.38. The summed E-state index contributed by atoms with van der Waals surface area (Å²) in [6.07, 6.45) is 4.65. The van der Waals surface area contributed by atoms with Gasteiger partial charge in [0.25, 0.3) is 0 Å². The van der Waals surface area contributed by atoms with Crippen molar-refractivity contribution in [2.75, 3.05) is 38.1 Å². The van der Waals surface area contributed by atoms with Crippen LogP contribution in [0.5, 0.6) is 0 Å². The molecule has 3 atom stereocenters. The molecular weight excluding hydrogens is 588 g/mol. The number of anilines is 1. The molecule has 1 saturated heterocycles. The lowest BCUT2D eigenvalue weighted by molar-refractivity contribution is -0.139. The largest absolute Gasteiger partial charge is 0.480 e. The van der Waals surface area contributed by atoms with Gasteiger partial charge in [-0.1, -0.05) is 43.5 Å². The van der Waals surface area contributed by atoms with Gasteiger partial charge in [-0.05, 0) is 56.9 Å². The van der Waals surface area contributed by atoms with Crippen molar-refractivity contribution in [3.05, 3.63) is 53.2 Å². The van der Waals surface area contributed by atoms with E-state index in [4.69, 9.17) is 4.74 Å². The molecule has 3 rings (SSSR count). The third kappa shape index (κ3) is 10.2. The number of urea groups is 1. The molecule has 0 spiro atoms. The predicted molar refractivity (Wildman–Crippen MR) is 166 cm³/mol. The molecule has 1 fully saturated rings. The number of amides is 3. The minimum Gasteiger partial charge on any atom is -0.480 e. The van der Waals surface area contributed by atoms with E-state index in [-0.39, 0.29) is 30.1 Å². The van der Waals surface area contributed by atoms with E-state index >= 15 is 0 Å². The number of nitrogens with zero attached hydrogens (tertiary/aromatic N) is 2. The van der Waals surface area contributed by atoms with E-state index in [1.807, 2.05) is 25.1 Å². The fourth-order valence-electron chi connectivity index (χ4n) is 5.27. The highest BCUT2D eigenvalue weighted by atomic mass is 32.2. The monoisotopic (exact) mass is 632 g/mol. The summed E-state index contributed by atoms with van der Waals surface area (Å²) >= 11 is 0. The van der Waals surface area contributed by atoms with Crippen LogP contribution in [0.2, 0.25) is 0 Å². The minimum absolute atomic E-state index is 0.0105. The van der Waals surface area contributed by atoms with Gasteiger partial charge in [0.15, 0.2) is 0 Å². The number of ether oxygens (including phenoxy) is 1. The number of benzene rings is 1. The lowest BCUT2D eigenvalue weighted by Crippen LogP contribution is -2.49. The van der Waals surface area contributed by atoms with Crippen molar-refractivity contribution in [2.24, 2.45) is 0 Å². The predicted octanol–water partition coefficient (Wildman–Crippen LogP) is 2.33. The number of carbonyl (C=O) groups is 3. The summed E-state index contributed by atoms with van der Waals surface area (Å²) < 4.78 is 34.1. The summed E-state index contributed by atoms with van der Waals surface area (Å²) in [4.78, 5) is 43.4. The molecule has 3 unspecified atom stereocenters. The van der Waals surface area contributed by atoms with Crippen LogP contribution < -0.4 is 20.7 Å². The standard InChI is InChI=1S/C30H44N6O7S/c1-5-6-8-12-32-30(40)36-18-24(15-23(36)16-33-26-10-7-9-11-31-26)43-19-27(37)34-17-25(29(38)39)35-44(41,42)28-21(3)13-20(2)14-22(28)4/h7,9-11,13-14,23-25,35H,5-6,8,12,15-19H2,1-4H3,(H,31,33)(H,32,40)(H,34,37)(H,38,39). The molecule has 1 aliphatic rings. The van der Waals surface area contributed by atoms with Gasteiger partial charge in [0.1, 0.15) is 18.5 Å². The fraction of sp³-hybridized carbons (Fsp3) is 0.533. The molecule has 0 saturated carbocycles. The number of nitrogens with one attached hydrogen (secondary N) is 4. The summed E-state index contributed by atoms with van der Waals surface area (Å²) in [6, 6.07) is 6.89. The third-order valence-corrected chi connectivity index (χ3v) is 9.08. The first-order valence-corrected chi connectivity index (χ1v) is 16.3. The van der Waals surface area contributed by atoms with Gasteiger partial charge < -0.3 is 30.7 Å². The zero-order valence-electron chi connectivity index (χ0n) is 25.8. The summed E-state index contributed by atoms with van der Waals surface area (Å²) in [6.45, 7) is 7.63. The van der Waals surface area contributed by atoms with Gasteiger partial charge in [0.05, 0.1) is 17.0 Å². The summed E-state index contributed by atoms with van der Waals surface area (Å²) in [5.41, 5.74) is 1.87. The third-order valence-electron chi connectivity index (χ3n) is 7.30. The molecule has 0 aliphatic carbocycles. The molecule has 242 valence electrons. The van der Waals surface area contributed by atoms with Crippen molar-refractivity contribution in [3.63, 3.8) is 0 Å². The second-order valence-corrected chi connectivity index (χ2v) is 12.7. The van der Waals surface area contributed by atoms with E-state index in [0.717, 1.165) is 24.8 Å². The van der Waals surface area contributed by atoms with Crippen molar-refractivity contribution in [1.29, 1.82) is 0 Å². The minimum atomic E-state index is -4.18. The van der Waals surface area contributed by atoms with Crippen molar-refractivity contribution >= 4 is 33.7 Å². The van der Waals surface area contributed by atoms with Gasteiger partial charge in [-0.3, -0.25) is 9.59 Å². The Morgan fingerprint density at radius 3 is 2.48 bits per heavy atom. The topological polar surface area (TPSA) is 179 Å². The van der Waals surface area contributed by atoms with Crippen LogP contribution in [0.1, 0.15) is 49.3 Å². The fourth-order valence-corrected chi connectivity index (χ4v) is 6.92. The molecular formula is C30H44N6O7S. The van der Waals surface area contributed by atoms with Crippen molar-refractivity contribution in [2.45, 2.75) is 76.5 Å². The Bertz CT molecular complexity index is 1370. The van der Waals surface area contributed by atoms with Gasteiger partial charge in [0, 0.05) is 32.4 Å². The van der Waals surface area contributed by atoms with E-state index in [1.54, 1.807) is 37.1 Å². The van der Waals surface area contributed by atoms with E-state index < -0.39 is 40.6 Å². The van der Waals surface area contributed by atoms with Crippen molar-refractivity contribution < 1.29 is 32.6 Å². The number of aryl methyl sites for hydroxylation is 3. The van der Waals surface area contributed by atoms with Crippen LogP contribution in [-0.2, 0) is 24.3 Å². The molecule has 2 aromatic rings. The first-order valence-electron chi connectivity index (χ1n) is 14.8.